The number of aromatic nitrogens is 2. The van der Waals surface area contributed by atoms with E-state index in [1.54, 1.807) is 0 Å². The molecule has 1 aliphatic carbocycles. The van der Waals surface area contributed by atoms with Gasteiger partial charge >= 0.3 is 22.6 Å². The Bertz CT molecular complexity index is 1080. The van der Waals surface area contributed by atoms with Crippen LogP contribution in [0.5, 0.6) is 0 Å². The Balaban J connectivity index is 1.86. The summed E-state index contributed by atoms with van der Waals surface area (Å²) in [5.41, 5.74) is -0.489. The molecule has 1 saturated carbocycles. The summed E-state index contributed by atoms with van der Waals surface area (Å²) in [5.74, 6) is -5.18. The van der Waals surface area contributed by atoms with Gasteiger partial charge in [-0.25, -0.2) is 14.3 Å². The minimum absolute atomic E-state index is 0.0247. The van der Waals surface area contributed by atoms with Gasteiger partial charge in [0.15, 0.2) is 0 Å². The van der Waals surface area contributed by atoms with Crippen LogP contribution in [0, 0.1) is 11.8 Å². The van der Waals surface area contributed by atoms with Crippen molar-refractivity contribution in [2.45, 2.75) is 45.0 Å². The molecule has 2 aliphatic rings. The molecule has 0 radical (unpaired) electrons. The third-order valence-electron chi connectivity index (χ3n) is 5.33. The Labute approximate surface area is 185 Å². The topological polar surface area (TPSA) is 105 Å². The molecule has 0 unspecified atom stereocenters. The van der Waals surface area contributed by atoms with Crippen molar-refractivity contribution in [3.8, 4) is 0 Å². The highest BCUT2D eigenvalue weighted by Crippen LogP contribution is 2.40. The Hall–Kier alpha value is -2.71. The van der Waals surface area contributed by atoms with Crippen molar-refractivity contribution in [3.05, 3.63) is 29.9 Å². The van der Waals surface area contributed by atoms with E-state index in [1.165, 1.54) is 6.92 Å². The van der Waals surface area contributed by atoms with Crippen molar-refractivity contribution in [1.82, 2.24) is 14.3 Å². The second kappa shape index (κ2) is 8.91. The zero-order valence-electron chi connectivity index (χ0n) is 17.1. The smallest absolute Gasteiger partial charge is 0.305 e. The summed E-state index contributed by atoms with van der Waals surface area (Å²) >= 11 is 0. The number of rotatable bonds is 4. The highest BCUT2D eigenvalue weighted by Gasteiger charge is 2.43. The van der Waals surface area contributed by atoms with E-state index in [4.69, 9.17) is 0 Å². The van der Waals surface area contributed by atoms with Crippen molar-refractivity contribution in [2.24, 2.45) is 16.2 Å². The molecule has 1 aliphatic heterocycles. The Morgan fingerprint density at radius 1 is 1.15 bits per heavy atom. The molecule has 0 aromatic carbocycles. The number of allylic oxidation sites excluding steroid dienone is 1. The molecule has 1 aromatic rings. The molecule has 0 bridgehead atoms. The van der Waals surface area contributed by atoms with Crippen LogP contribution in [0.15, 0.2) is 28.4 Å². The molecule has 1 amide bonds. The number of anilines is 1. The highest BCUT2D eigenvalue weighted by molar-refractivity contribution is 7.88. The number of carbonyl (C=O) groups is 1. The second-order valence-corrected chi connectivity index (χ2v) is 9.01. The fraction of sp³-hybridized carbons (Fsp3) is 0.556. The SMILES string of the molecule is CCN1C(C(=O)Nc2ccnc(C(F)(F)F)n2)=CC(C2CCC(C(F)(F)F)CC2)=NS1(=O)=O. The van der Waals surface area contributed by atoms with Crippen molar-refractivity contribution in [2.75, 3.05) is 11.9 Å². The average molecular weight is 499 g/mol. The van der Waals surface area contributed by atoms with Gasteiger partial charge in [0, 0.05) is 18.7 Å². The fourth-order valence-corrected chi connectivity index (χ4v) is 4.99. The quantitative estimate of drug-likeness (QED) is 0.636. The first-order valence-electron chi connectivity index (χ1n) is 9.85. The van der Waals surface area contributed by atoms with E-state index >= 15 is 0 Å². The number of carbonyl (C=O) groups excluding carboxylic acids is 1. The van der Waals surface area contributed by atoms with Gasteiger partial charge in [-0.15, -0.1) is 4.40 Å². The summed E-state index contributed by atoms with van der Waals surface area (Å²) in [4.78, 5) is 19.0. The van der Waals surface area contributed by atoms with Crippen molar-refractivity contribution in [1.29, 1.82) is 0 Å². The van der Waals surface area contributed by atoms with E-state index in [9.17, 15) is 39.6 Å². The number of amides is 1. The van der Waals surface area contributed by atoms with Crippen molar-refractivity contribution in [3.63, 3.8) is 0 Å². The number of hydrogen-bond acceptors (Lipinski definition) is 5. The Morgan fingerprint density at radius 2 is 1.79 bits per heavy atom. The van der Waals surface area contributed by atoms with Gasteiger partial charge in [-0.1, -0.05) is 0 Å². The lowest BCUT2D eigenvalue weighted by atomic mass is 9.79. The number of likely N-dealkylation sites (N-methyl/N-ethyl adjacent to an activating group) is 1. The highest BCUT2D eigenvalue weighted by atomic mass is 32.2. The number of nitrogens with zero attached hydrogens (tertiary/aromatic N) is 4. The van der Waals surface area contributed by atoms with E-state index < -0.39 is 57.6 Å². The van der Waals surface area contributed by atoms with E-state index in [0.29, 0.717) is 4.31 Å². The van der Waals surface area contributed by atoms with Crippen molar-refractivity contribution < 1.29 is 39.6 Å². The summed E-state index contributed by atoms with van der Waals surface area (Å²) in [5, 5.41) is 2.11. The summed E-state index contributed by atoms with van der Waals surface area (Å²) in [6.45, 7) is 1.21. The number of hydrogen-bond donors (Lipinski definition) is 1. The molecule has 0 saturated heterocycles. The Kier molecular flexibility index (Phi) is 6.73. The van der Waals surface area contributed by atoms with E-state index in [2.05, 4.69) is 19.7 Å². The molecular formula is C18H19F6N5O3S. The third-order valence-corrected chi connectivity index (χ3v) is 6.78. The van der Waals surface area contributed by atoms with Crippen LogP contribution in [0.3, 0.4) is 0 Å². The van der Waals surface area contributed by atoms with E-state index in [1.807, 2.05) is 0 Å². The first-order valence-corrected chi connectivity index (χ1v) is 11.2. The van der Waals surface area contributed by atoms with Gasteiger partial charge in [-0.3, -0.25) is 4.79 Å². The molecule has 8 nitrogen and oxygen atoms in total. The molecule has 0 spiro atoms. The zero-order valence-corrected chi connectivity index (χ0v) is 17.9. The van der Waals surface area contributed by atoms with E-state index in [0.717, 1.165) is 18.3 Å². The third kappa shape index (κ3) is 5.62. The van der Waals surface area contributed by atoms with Gasteiger partial charge in [0.05, 0.1) is 11.6 Å². The molecule has 0 atom stereocenters. The van der Waals surface area contributed by atoms with Crippen LogP contribution in [-0.2, 0) is 21.2 Å². The molecule has 1 fully saturated rings. The van der Waals surface area contributed by atoms with Crippen LogP contribution in [0.1, 0.15) is 38.4 Å². The molecule has 3 rings (SSSR count). The van der Waals surface area contributed by atoms with Crippen LogP contribution in [0.25, 0.3) is 0 Å². The molecule has 2 heterocycles. The van der Waals surface area contributed by atoms with Crippen molar-refractivity contribution >= 4 is 27.6 Å². The first-order chi connectivity index (χ1) is 15.2. The largest absolute Gasteiger partial charge is 0.451 e. The lowest BCUT2D eigenvalue weighted by Gasteiger charge is -2.32. The van der Waals surface area contributed by atoms with Gasteiger partial charge in [0.1, 0.15) is 11.5 Å². The summed E-state index contributed by atoms with van der Waals surface area (Å²) in [6, 6.07) is 0.995. The van der Waals surface area contributed by atoms with Gasteiger partial charge in [-0.05, 0) is 44.7 Å². The average Bonchev–Trinajstić information content (AvgIpc) is 2.71. The van der Waals surface area contributed by atoms with Gasteiger partial charge < -0.3 is 5.32 Å². The lowest BCUT2D eigenvalue weighted by Crippen LogP contribution is -2.40. The zero-order chi connectivity index (χ0) is 24.6. The molecule has 33 heavy (non-hydrogen) atoms. The van der Waals surface area contributed by atoms with Crippen LogP contribution < -0.4 is 5.32 Å². The summed E-state index contributed by atoms with van der Waals surface area (Å²) < 4.78 is 107. The van der Waals surface area contributed by atoms with Crippen LogP contribution in [0.4, 0.5) is 32.2 Å². The molecule has 182 valence electrons. The summed E-state index contributed by atoms with van der Waals surface area (Å²) in [6.07, 6.45) is -7.65. The maximum atomic E-state index is 12.9. The number of alkyl halides is 6. The molecule has 1 aromatic heterocycles. The van der Waals surface area contributed by atoms with Gasteiger partial charge in [0.2, 0.25) is 5.82 Å². The predicted molar refractivity (Wildman–Crippen MR) is 104 cm³/mol. The number of halogens is 6. The second-order valence-electron chi connectivity index (χ2n) is 7.50. The van der Waals surface area contributed by atoms with Crippen LogP contribution in [0.2, 0.25) is 0 Å². The normalized spacial score (nSPS) is 23.5. The lowest BCUT2D eigenvalue weighted by molar-refractivity contribution is -0.182. The molecule has 1 N–H and O–H groups in total. The minimum Gasteiger partial charge on any atom is -0.305 e. The van der Waals surface area contributed by atoms with Gasteiger partial charge in [-0.2, -0.15) is 34.8 Å². The Morgan fingerprint density at radius 3 is 2.33 bits per heavy atom. The minimum atomic E-state index is -4.86. The monoisotopic (exact) mass is 499 g/mol. The molecular weight excluding hydrogens is 480 g/mol. The standard InChI is InChI=1S/C18H19F6N5O3S/c1-2-29-13(15(30)26-14-7-8-25-16(27-14)18(22,23)24)9-12(28-33(29,31)32)10-3-5-11(6-4-10)17(19,20)21/h7-11H,2-6H2,1H3,(H,25,26,27,30). The van der Waals surface area contributed by atoms with E-state index in [-0.39, 0.29) is 37.9 Å². The van der Waals surface area contributed by atoms with Crippen LogP contribution in [-0.4, -0.2) is 47.0 Å². The first kappa shape index (κ1) is 24.9. The molecule has 15 heteroatoms. The predicted octanol–water partition coefficient (Wildman–Crippen LogP) is 3.71. The van der Waals surface area contributed by atoms with Crippen LogP contribution >= 0.6 is 0 Å². The fourth-order valence-electron chi connectivity index (χ4n) is 3.71. The maximum absolute atomic E-state index is 12.9. The maximum Gasteiger partial charge on any atom is 0.451 e. The summed E-state index contributed by atoms with van der Waals surface area (Å²) in [7, 11) is -4.37. The number of nitrogens with one attached hydrogen (secondary N) is 1. The van der Waals surface area contributed by atoms with Gasteiger partial charge in [0.25, 0.3) is 5.91 Å².